The Labute approximate surface area is 93.1 Å². The Balaban J connectivity index is 0.00000169. The summed E-state index contributed by atoms with van der Waals surface area (Å²) in [4.78, 5) is 21.4. The smallest absolute Gasteiger partial charge is 0.545 e. The van der Waals surface area contributed by atoms with Gasteiger partial charge in [-0.3, -0.25) is 0 Å². The van der Waals surface area contributed by atoms with E-state index in [2.05, 4.69) is 4.74 Å². The normalized spacial score (nSPS) is 8.64. The van der Waals surface area contributed by atoms with Gasteiger partial charge < -0.3 is 14.6 Å². The third-order valence-corrected chi connectivity index (χ3v) is 1.52. The number of methoxy groups -OCH3 is 1. The molecular weight excluding hydrogens is 179 g/mol. The zero-order valence-corrected chi connectivity index (χ0v) is 7.94. The first-order valence-electron chi connectivity index (χ1n) is 3.55. The predicted octanol–water partition coefficient (Wildman–Crippen LogP) is -3.16. The summed E-state index contributed by atoms with van der Waals surface area (Å²) in [5, 5.41) is 10.4. The number of carboxylic acid groups (broad SMARTS) is 1. The third-order valence-electron chi connectivity index (χ3n) is 1.52. The number of hydrogen-bond donors (Lipinski definition) is 0. The molecule has 5 heteroatoms. The predicted molar refractivity (Wildman–Crippen MR) is 42.1 cm³/mol. The summed E-state index contributed by atoms with van der Waals surface area (Å²) in [6.45, 7) is 0. The molecule has 0 spiro atoms. The van der Waals surface area contributed by atoms with Crippen molar-refractivity contribution >= 4 is 11.9 Å². The Morgan fingerprint density at radius 2 is 1.86 bits per heavy atom. The molecule has 0 saturated heterocycles. The Hall–Kier alpha value is -1.24. The molecule has 0 fully saturated rings. The van der Waals surface area contributed by atoms with Crippen LogP contribution in [0.2, 0.25) is 0 Å². The summed E-state index contributed by atoms with van der Waals surface area (Å²) in [6.07, 6.45) is 0. The minimum absolute atomic E-state index is 0. The van der Waals surface area contributed by atoms with Crippen LogP contribution >= 0.6 is 0 Å². The van der Waals surface area contributed by atoms with Crippen LogP contribution in [0.25, 0.3) is 0 Å². The Morgan fingerprint density at radius 3 is 2.36 bits per heavy atom. The van der Waals surface area contributed by atoms with Crippen molar-refractivity contribution in [2.24, 2.45) is 0 Å². The maximum Gasteiger partial charge on any atom is 1.00 e. The maximum absolute atomic E-state index is 11.0. The van der Waals surface area contributed by atoms with Gasteiger partial charge in [-0.1, -0.05) is 12.1 Å². The van der Waals surface area contributed by atoms with Crippen LogP contribution in [0.15, 0.2) is 24.3 Å². The first-order chi connectivity index (χ1) is 6.15. The Bertz CT molecular complexity index is 348. The molecule has 0 aliphatic heterocycles. The fourth-order valence-corrected chi connectivity index (χ4v) is 0.891. The van der Waals surface area contributed by atoms with Crippen LogP contribution in [0.3, 0.4) is 0 Å². The van der Waals surface area contributed by atoms with E-state index < -0.39 is 11.9 Å². The van der Waals surface area contributed by atoms with E-state index in [1.807, 2.05) is 0 Å². The molecule has 14 heavy (non-hydrogen) atoms. The van der Waals surface area contributed by atoms with Gasteiger partial charge in [0.05, 0.1) is 18.6 Å². The van der Waals surface area contributed by atoms with Gasteiger partial charge in [0.1, 0.15) is 0 Å². The van der Waals surface area contributed by atoms with E-state index in [0.29, 0.717) is 0 Å². The molecule has 68 valence electrons. The Kier molecular flexibility index (Phi) is 4.99. The van der Waals surface area contributed by atoms with Gasteiger partial charge in [0.25, 0.3) is 0 Å². The van der Waals surface area contributed by atoms with Crippen molar-refractivity contribution in [2.45, 2.75) is 0 Å². The molecule has 0 aliphatic carbocycles. The molecule has 0 amide bonds. The number of benzene rings is 1. The maximum atomic E-state index is 11.0. The molecule has 0 heterocycles. The third kappa shape index (κ3) is 2.91. The van der Waals surface area contributed by atoms with Crippen LogP contribution in [0.5, 0.6) is 0 Å². The topological polar surface area (TPSA) is 66.4 Å². The molecule has 1 rings (SSSR count). The molecule has 1 aromatic rings. The molecule has 0 saturated carbocycles. The number of carbonyl (C=O) groups excluding carboxylic acids is 2. The van der Waals surface area contributed by atoms with Gasteiger partial charge in [-0.25, -0.2) is 4.79 Å². The summed E-state index contributed by atoms with van der Waals surface area (Å²) in [5.41, 5.74) is 0.159. The zero-order valence-electron chi connectivity index (χ0n) is 7.94. The fraction of sp³-hybridized carbons (Fsp3) is 0.111. The molecule has 0 bridgehead atoms. The number of aromatic carboxylic acids is 1. The molecule has 1 aromatic carbocycles. The summed E-state index contributed by atoms with van der Waals surface area (Å²) >= 11 is 0. The Morgan fingerprint density at radius 1 is 1.29 bits per heavy atom. The van der Waals surface area contributed by atoms with E-state index in [1.165, 1.54) is 31.4 Å². The van der Waals surface area contributed by atoms with Crippen molar-refractivity contribution in [3.63, 3.8) is 0 Å². The fourth-order valence-electron chi connectivity index (χ4n) is 0.891. The number of esters is 1. The van der Waals surface area contributed by atoms with Crippen LogP contribution in [0.1, 0.15) is 20.7 Å². The van der Waals surface area contributed by atoms with E-state index >= 15 is 0 Å². The van der Waals surface area contributed by atoms with Crippen LogP contribution < -0.4 is 24.0 Å². The van der Waals surface area contributed by atoms with Crippen molar-refractivity contribution in [3.8, 4) is 0 Å². The second-order valence-corrected chi connectivity index (χ2v) is 2.36. The molecule has 0 aromatic heterocycles. The zero-order chi connectivity index (χ0) is 9.84. The SMILES string of the molecule is COC(=O)c1cccc(C(=O)[O-])c1.[Li+]. The molecule has 4 nitrogen and oxygen atoms in total. The molecular formula is C9H7LiO4. The average molecular weight is 186 g/mol. The van der Waals surface area contributed by atoms with Crippen molar-refractivity contribution < 1.29 is 38.3 Å². The molecule has 0 atom stereocenters. The number of carbonyl (C=O) groups is 2. The van der Waals surface area contributed by atoms with Crippen LogP contribution in [0, 0.1) is 0 Å². The van der Waals surface area contributed by atoms with Crippen LogP contribution in [-0.4, -0.2) is 19.0 Å². The minimum atomic E-state index is -1.31. The van der Waals surface area contributed by atoms with E-state index in [0.717, 1.165) is 0 Å². The number of carboxylic acids is 1. The standard InChI is InChI=1S/C9H8O4.Li/c1-13-9(12)7-4-2-3-6(5-7)8(10)11;/h2-5H,1H3,(H,10,11);/q;+1/p-1. The number of hydrogen-bond acceptors (Lipinski definition) is 4. The van der Waals surface area contributed by atoms with Gasteiger partial charge in [-0.15, -0.1) is 0 Å². The number of rotatable bonds is 2. The molecule has 0 radical (unpaired) electrons. The van der Waals surface area contributed by atoms with Gasteiger partial charge in [0.15, 0.2) is 0 Å². The second kappa shape index (κ2) is 5.48. The van der Waals surface area contributed by atoms with Gasteiger partial charge in [0.2, 0.25) is 0 Å². The van der Waals surface area contributed by atoms with Crippen molar-refractivity contribution in [3.05, 3.63) is 35.4 Å². The summed E-state index contributed by atoms with van der Waals surface area (Å²) in [6, 6.07) is 5.48. The van der Waals surface area contributed by atoms with Gasteiger partial charge in [-0.2, -0.15) is 0 Å². The first-order valence-corrected chi connectivity index (χ1v) is 3.55. The van der Waals surface area contributed by atoms with Crippen LogP contribution in [0.4, 0.5) is 0 Å². The quantitative estimate of drug-likeness (QED) is 0.361. The van der Waals surface area contributed by atoms with Gasteiger partial charge in [-0.05, 0) is 17.7 Å². The van der Waals surface area contributed by atoms with E-state index in [-0.39, 0.29) is 30.0 Å². The van der Waals surface area contributed by atoms with E-state index in [9.17, 15) is 14.7 Å². The van der Waals surface area contributed by atoms with Gasteiger partial charge >= 0.3 is 24.8 Å². The molecule has 0 N–H and O–H groups in total. The monoisotopic (exact) mass is 186 g/mol. The van der Waals surface area contributed by atoms with Crippen molar-refractivity contribution in [1.82, 2.24) is 0 Å². The molecule has 0 aliphatic rings. The minimum Gasteiger partial charge on any atom is -0.545 e. The molecule has 0 unspecified atom stereocenters. The van der Waals surface area contributed by atoms with E-state index in [1.54, 1.807) is 0 Å². The summed E-state index contributed by atoms with van der Waals surface area (Å²) in [7, 11) is 1.23. The summed E-state index contributed by atoms with van der Waals surface area (Å²) < 4.78 is 4.42. The second-order valence-electron chi connectivity index (χ2n) is 2.36. The largest absolute Gasteiger partial charge is 1.00 e. The van der Waals surface area contributed by atoms with Crippen molar-refractivity contribution in [1.29, 1.82) is 0 Å². The summed E-state index contributed by atoms with van der Waals surface area (Å²) in [5.74, 6) is -1.88. The van der Waals surface area contributed by atoms with Gasteiger partial charge in [0, 0.05) is 0 Å². The first kappa shape index (κ1) is 12.8. The number of ether oxygens (including phenoxy) is 1. The van der Waals surface area contributed by atoms with Crippen LogP contribution in [-0.2, 0) is 4.74 Å². The van der Waals surface area contributed by atoms with Crippen molar-refractivity contribution in [2.75, 3.05) is 7.11 Å². The average Bonchev–Trinajstić information content (AvgIpc) is 2.17. The van der Waals surface area contributed by atoms with E-state index in [4.69, 9.17) is 0 Å².